The minimum atomic E-state index is -0.990. The molecule has 2 atom stereocenters. The summed E-state index contributed by atoms with van der Waals surface area (Å²) < 4.78 is 0. The minimum Gasteiger partial charge on any atom is -0.396 e. The fourth-order valence-electron chi connectivity index (χ4n) is 1.24. The zero-order valence-corrected chi connectivity index (χ0v) is 8.56. The number of thiol groups is 1. The molecule has 0 amide bonds. The van der Waals surface area contributed by atoms with Crippen LogP contribution < -0.4 is 0 Å². The predicted octanol–water partition coefficient (Wildman–Crippen LogP) is 0.752. The molecule has 4 heteroatoms. The predicted molar refractivity (Wildman–Crippen MR) is 56.4 cm³/mol. The van der Waals surface area contributed by atoms with Gasteiger partial charge in [0.2, 0.25) is 0 Å². The first-order valence-corrected chi connectivity index (χ1v) is 4.86. The molecule has 0 fully saturated rings. The van der Waals surface area contributed by atoms with Gasteiger partial charge in [-0.1, -0.05) is 18.2 Å². The highest BCUT2D eigenvalue weighted by molar-refractivity contribution is 7.80. The van der Waals surface area contributed by atoms with E-state index in [9.17, 15) is 10.2 Å². The third-order valence-electron chi connectivity index (χ3n) is 2.04. The van der Waals surface area contributed by atoms with Crippen molar-refractivity contribution < 1.29 is 15.3 Å². The van der Waals surface area contributed by atoms with Crippen LogP contribution in [0.2, 0.25) is 0 Å². The molecular formula is C10H14O3S. The largest absolute Gasteiger partial charge is 0.396 e. The van der Waals surface area contributed by atoms with Crippen LogP contribution in [0.25, 0.3) is 0 Å². The summed E-state index contributed by atoms with van der Waals surface area (Å²) in [4.78, 5) is 0.636. The van der Waals surface area contributed by atoms with Crippen LogP contribution in [0, 0.1) is 0 Å². The van der Waals surface area contributed by atoms with Crippen LogP contribution in [0.1, 0.15) is 18.1 Å². The molecule has 0 bridgehead atoms. The summed E-state index contributed by atoms with van der Waals surface area (Å²) in [5, 5.41) is 27.8. The van der Waals surface area contributed by atoms with Crippen molar-refractivity contribution in [3.8, 4) is 0 Å². The van der Waals surface area contributed by atoms with Gasteiger partial charge in [-0.3, -0.25) is 0 Å². The summed E-state index contributed by atoms with van der Waals surface area (Å²) in [6, 6.07) is 7.02. The van der Waals surface area contributed by atoms with Crippen molar-refractivity contribution >= 4 is 12.6 Å². The van der Waals surface area contributed by atoms with Gasteiger partial charge < -0.3 is 15.3 Å². The monoisotopic (exact) mass is 214 g/mol. The van der Waals surface area contributed by atoms with Crippen LogP contribution >= 0.6 is 12.6 Å². The van der Waals surface area contributed by atoms with Crippen molar-refractivity contribution in [1.29, 1.82) is 0 Å². The number of hydrogen-bond acceptors (Lipinski definition) is 4. The molecule has 0 aliphatic rings. The van der Waals surface area contributed by atoms with Crippen molar-refractivity contribution in [2.75, 3.05) is 6.61 Å². The highest BCUT2D eigenvalue weighted by Gasteiger charge is 2.19. The lowest BCUT2D eigenvalue weighted by Crippen LogP contribution is -2.19. The highest BCUT2D eigenvalue weighted by atomic mass is 32.1. The number of rotatable bonds is 4. The topological polar surface area (TPSA) is 60.7 Å². The molecule has 14 heavy (non-hydrogen) atoms. The van der Waals surface area contributed by atoms with Gasteiger partial charge in [-0.2, -0.15) is 0 Å². The van der Waals surface area contributed by atoms with Gasteiger partial charge in [-0.05, 0) is 18.1 Å². The maximum atomic E-state index is 9.69. The Morgan fingerprint density at radius 1 is 1.21 bits per heavy atom. The second-order valence-corrected chi connectivity index (χ2v) is 3.57. The van der Waals surface area contributed by atoms with E-state index in [1.807, 2.05) is 0 Å². The molecule has 1 aromatic rings. The Kier molecular flexibility index (Phi) is 4.41. The van der Waals surface area contributed by atoms with Crippen LogP contribution in [0.4, 0.5) is 0 Å². The lowest BCUT2D eigenvalue weighted by molar-refractivity contribution is 0.00286. The van der Waals surface area contributed by atoms with Crippen LogP contribution in [-0.2, 0) is 0 Å². The minimum absolute atomic E-state index is 0.146. The average Bonchev–Trinajstić information content (AvgIpc) is 2.18. The first kappa shape index (κ1) is 11.5. The van der Waals surface area contributed by atoms with E-state index in [1.54, 1.807) is 24.3 Å². The molecule has 2 unspecified atom stereocenters. The molecular weight excluding hydrogens is 200 g/mol. The third-order valence-corrected chi connectivity index (χ3v) is 2.45. The normalized spacial score (nSPS) is 15.1. The summed E-state index contributed by atoms with van der Waals surface area (Å²) in [5.74, 6) is 0. The summed E-state index contributed by atoms with van der Waals surface area (Å²) >= 11 is 4.17. The molecule has 0 radical (unpaired) electrons. The molecule has 1 aromatic carbocycles. The second-order valence-electron chi connectivity index (χ2n) is 3.08. The maximum absolute atomic E-state index is 9.69. The molecule has 1 rings (SSSR count). The molecule has 0 spiro atoms. The van der Waals surface area contributed by atoms with Crippen molar-refractivity contribution in [3.05, 3.63) is 29.8 Å². The fourth-order valence-corrected chi connectivity index (χ4v) is 1.53. The van der Waals surface area contributed by atoms with Gasteiger partial charge in [0.25, 0.3) is 0 Å². The molecule has 3 nitrogen and oxygen atoms in total. The number of aliphatic hydroxyl groups excluding tert-OH is 3. The maximum Gasteiger partial charge on any atom is 0.106 e. The van der Waals surface area contributed by atoms with E-state index in [0.717, 1.165) is 0 Å². The van der Waals surface area contributed by atoms with Gasteiger partial charge in [-0.15, -0.1) is 12.6 Å². The zero-order valence-electron chi connectivity index (χ0n) is 7.67. The lowest BCUT2D eigenvalue weighted by Gasteiger charge is -2.18. The summed E-state index contributed by atoms with van der Waals surface area (Å²) in [5.41, 5.74) is 0.580. The van der Waals surface area contributed by atoms with E-state index < -0.39 is 12.2 Å². The highest BCUT2D eigenvalue weighted by Crippen LogP contribution is 2.24. The molecule has 78 valence electrons. The first-order valence-electron chi connectivity index (χ1n) is 4.41. The van der Waals surface area contributed by atoms with Gasteiger partial charge in [-0.25, -0.2) is 0 Å². The zero-order chi connectivity index (χ0) is 10.6. The van der Waals surface area contributed by atoms with E-state index in [-0.39, 0.29) is 13.0 Å². The number of aliphatic hydroxyl groups is 3. The number of hydrogen-bond donors (Lipinski definition) is 4. The van der Waals surface area contributed by atoms with E-state index in [0.29, 0.717) is 10.5 Å². The van der Waals surface area contributed by atoms with E-state index in [1.165, 1.54) is 0 Å². The number of benzene rings is 1. The Morgan fingerprint density at radius 3 is 2.43 bits per heavy atom. The van der Waals surface area contributed by atoms with Gasteiger partial charge in [0, 0.05) is 11.5 Å². The van der Waals surface area contributed by atoms with Crippen molar-refractivity contribution in [1.82, 2.24) is 0 Å². The van der Waals surface area contributed by atoms with E-state index in [2.05, 4.69) is 12.6 Å². The SMILES string of the molecule is OCCC(O)C(O)c1ccccc1S. The summed E-state index contributed by atoms with van der Waals surface area (Å²) in [6.45, 7) is -0.146. The smallest absolute Gasteiger partial charge is 0.106 e. The first-order chi connectivity index (χ1) is 6.66. The van der Waals surface area contributed by atoms with Crippen LogP contribution in [0.3, 0.4) is 0 Å². The average molecular weight is 214 g/mol. The second kappa shape index (κ2) is 5.36. The van der Waals surface area contributed by atoms with Gasteiger partial charge in [0.15, 0.2) is 0 Å². The molecule has 0 saturated heterocycles. The molecule has 0 heterocycles. The van der Waals surface area contributed by atoms with E-state index in [4.69, 9.17) is 5.11 Å². The van der Waals surface area contributed by atoms with Crippen molar-refractivity contribution in [2.45, 2.75) is 23.5 Å². The van der Waals surface area contributed by atoms with Crippen LogP contribution in [0.5, 0.6) is 0 Å². The Bertz CT molecular complexity index is 290. The molecule has 0 saturated carbocycles. The Morgan fingerprint density at radius 2 is 1.86 bits per heavy atom. The van der Waals surface area contributed by atoms with Crippen LogP contribution in [-0.4, -0.2) is 28.0 Å². The van der Waals surface area contributed by atoms with Gasteiger partial charge in [0.1, 0.15) is 6.10 Å². The van der Waals surface area contributed by atoms with Crippen LogP contribution in [0.15, 0.2) is 29.2 Å². The quantitative estimate of drug-likeness (QED) is 0.559. The Labute approximate surface area is 88.4 Å². The summed E-state index contributed by atoms with van der Waals surface area (Å²) in [7, 11) is 0. The van der Waals surface area contributed by atoms with Gasteiger partial charge >= 0.3 is 0 Å². The lowest BCUT2D eigenvalue weighted by atomic mass is 10.0. The molecule has 0 aromatic heterocycles. The fraction of sp³-hybridized carbons (Fsp3) is 0.400. The Hall–Kier alpha value is -0.550. The van der Waals surface area contributed by atoms with Gasteiger partial charge in [0.05, 0.1) is 6.10 Å². The molecule has 3 N–H and O–H groups in total. The third kappa shape index (κ3) is 2.72. The standard InChI is InChI=1S/C10H14O3S/c11-6-5-8(12)10(13)7-3-1-2-4-9(7)14/h1-4,8,10-14H,5-6H2. The van der Waals surface area contributed by atoms with Crippen molar-refractivity contribution in [3.63, 3.8) is 0 Å². The molecule has 0 aliphatic heterocycles. The van der Waals surface area contributed by atoms with E-state index >= 15 is 0 Å². The van der Waals surface area contributed by atoms with Crippen molar-refractivity contribution in [2.24, 2.45) is 0 Å². The summed E-state index contributed by atoms with van der Waals surface area (Å²) in [6.07, 6.45) is -1.78. The Balaban J connectivity index is 2.78. The molecule has 0 aliphatic carbocycles.